The Morgan fingerprint density at radius 1 is 1.31 bits per heavy atom. The van der Waals surface area contributed by atoms with E-state index in [1.807, 2.05) is 13.0 Å². The molecule has 3 nitrogen and oxygen atoms in total. The largest absolute Gasteiger partial charge is 0.397 e. The van der Waals surface area contributed by atoms with Gasteiger partial charge in [-0.2, -0.15) is 0 Å². The number of nitrogen functional groups attached to an aromatic ring is 1. The molecule has 0 unspecified atom stereocenters. The van der Waals surface area contributed by atoms with Gasteiger partial charge in [-0.3, -0.25) is 0 Å². The first-order valence-electron chi connectivity index (χ1n) is 5.66. The molecule has 0 atom stereocenters. The van der Waals surface area contributed by atoms with Crippen LogP contribution in [0.25, 0.3) is 10.2 Å². The van der Waals surface area contributed by atoms with Gasteiger partial charge >= 0.3 is 0 Å². The first-order chi connectivity index (χ1) is 7.75. The van der Waals surface area contributed by atoms with Crippen LogP contribution in [-0.2, 0) is 0 Å². The smallest absolute Gasteiger partial charge is 0.107 e. The second kappa shape index (κ2) is 3.63. The zero-order valence-electron chi connectivity index (χ0n) is 9.36. The Kier molecular flexibility index (Phi) is 2.24. The highest BCUT2D eigenvalue weighted by molar-refractivity contribution is 7.19. The summed E-state index contributed by atoms with van der Waals surface area (Å²) in [6.45, 7) is 4.36. The van der Waals surface area contributed by atoms with Crippen LogP contribution in [0, 0.1) is 6.92 Å². The minimum atomic E-state index is 0.794. The summed E-state index contributed by atoms with van der Waals surface area (Å²) in [5.74, 6) is 0. The molecule has 16 heavy (non-hydrogen) atoms. The molecule has 0 saturated carbocycles. The number of aromatic nitrogens is 1. The lowest BCUT2D eigenvalue weighted by Crippen LogP contribution is -2.17. The molecule has 3 rings (SSSR count). The van der Waals surface area contributed by atoms with E-state index in [1.165, 1.54) is 23.2 Å². The van der Waals surface area contributed by atoms with E-state index in [0.717, 1.165) is 29.3 Å². The summed E-state index contributed by atoms with van der Waals surface area (Å²) in [6, 6.07) is 4.12. The fourth-order valence-corrected chi connectivity index (χ4v) is 3.32. The van der Waals surface area contributed by atoms with Crippen LogP contribution in [0.15, 0.2) is 12.1 Å². The van der Waals surface area contributed by atoms with E-state index in [2.05, 4.69) is 16.0 Å². The molecule has 0 bridgehead atoms. The molecule has 0 spiro atoms. The van der Waals surface area contributed by atoms with Crippen molar-refractivity contribution in [3.63, 3.8) is 0 Å². The second-order valence-corrected chi connectivity index (χ2v) is 5.48. The number of nitrogens with zero attached hydrogens (tertiary/aromatic N) is 2. The van der Waals surface area contributed by atoms with Gasteiger partial charge in [0, 0.05) is 13.1 Å². The topological polar surface area (TPSA) is 42.1 Å². The Labute approximate surface area is 98.9 Å². The quantitative estimate of drug-likeness (QED) is 0.770. The molecular weight excluding hydrogens is 218 g/mol. The van der Waals surface area contributed by atoms with Gasteiger partial charge in [-0.15, -0.1) is 11.3 Å². The third kappa shape index (κ3) is 1.45. The SMILES string of the molecule is Cc1nc2c(N)ccc(N3CCCC3)c2s1. The first-order valence-corrected chi connectivity index (χ1v) is 6.48. The van der Waals surface area contributed by atoms with E-state index >= 15 is 0 Å². The summed E-state index contributed by atoms with van der Waals surface area (Å²) in [5, 5.41) is 1.09. The van der Waals surface area contributed by atoms with Crippen molar-refractivity contribution < 1.29 is 0 Å². The molecule has 1 saturated heterocycles. The van der Waals surface area contributed by atoms with Crippen LogP contribution in [0.1, 0.15) is 17.8 Å². The predicted molar refractivity (Wildman–Crippen MR) is 70.2 cm³/mol. The van der Waals surface area contributed by atoms with Gasteiger partial charge in [-0.25, -0.2) is 4.98 Å². The van der Waals surface area contributed by atoms with Gasteiger partial charge < -0.3 is 10.6 Å². The van der Waals surface area contributed by atoms with Crippen LogP contribution in [-0.4, -0.2) is 18.1 Å². The normalized spacial score (nSPS) is 16.2. The molecule has 2 N–H and O–H groups in total. The number of rotatable bonds is 1. The van der Waals surface area contributed by atoms with Gasteiger partial charge in [0.15, 0.2) is 0 Å². The van der Waals surface area contributed by atoms with Crippen molar-refractivity contribution in [3.05, 3.63) is 17.1 Å². The minimum absolute atomic E-state index is 0.794. The average molecular weight is 233 g/mol. The van der Waals surface area contributed by atoms with Gasteiger partial charge in [0.05, 0.1) is 21.1 Å². The summed E-state index contributed by atoms with van der Waals surface area (Å²) >= 11 is 1.75. The predicted octanol–water partition coefficient (Wildman–Crippen LogP) is 2.79. The Bertz CT molecular complexity index is 526. The maximum atomic E-state index is 5.96. The third-order valence-corrected chi connectivity index (χ3v) is 4.10. The zero-order chi connectivity index (χ0) is 11.1. The highest BCUT2D eigenvalue weighted by atomic mass is 32.1. The van der Waals surface area contributed by atoms with Crippen molar-refractivity contribution in [2.75, 3.05) is 23.7 Å². The van der Waals surface area contributed by atoms with Gasteiger partial charge in [0.1, 0.15) is 5.52 Å². The van der Waals surface area contributed by atoms with Gasteiger partial charge in [0.2, 0.25) is 0 Å². The average Bonchev–Trinajstić information content (AvgIpc) is 2.87. The van der Waals surface area contributed by atoms with Crippen LogP contribution >= 0.6 is 11.3 Å². The summed E-state index contributed by atoms with van der Waals surface area (Å²) in [7, 11) is 0. The van der Waals surface area contributed by atoms with Crippen LogP contribution < -0.4 is 10.6 Å². The maximum absolute atomic E-state index is 5.96. The number of thiazole rings is 1. The highest BCUT2D eigenvalue weighted by Crippen LogP contribution is 2.36. The molecule has 0 radical (unpaired) electrons. The fraction of sp³-hybridized carbons (Fsp3) is 0.417. The Balaban J connectivity index is 2.20. The molecule has 1 aromatic heterocycles. The number of hydrogen-bond donors (Lipinski definition) is 1. The fourth-order valence-electron chi connectivity index (χ4n) is 2.33. The van der Waals surface area contributed by atoms with Crippen LogP contribution in [0.4, 0.5) is 11.4 Å². The molecule has 4 heteroatoms. The maximum Gasteiger partial charge on any atom is 0.107 e. The Hall–Kier alpha value is -1.29. The summed E-state index contributed by atoms with van der Waals surface area (Å²) in [5.41, 5.74) is 9.05. The van der Waals surface area contributed by atoms with Crippen molar-refractivity contribution in [1.82, 2.24) is 4.98 Å². The van der Waals surface area contributed by atoms with Crippen LogP contribution in [0.2, 0.25) is 0 Å². The van der Waals surface area contributed by atoms with Crippen molar-refractivity contribution in [2.24, 2.45) is 0 Å². The number of aryl methyl sites for hydroxylation is 1. The first kappa shape index (κ1) is 9.90. The molecule has 0 aliphatic carbocycles. The van der Waals surface area contributed by atoms with Crippen molar-refractivity contribution >= 4 is 32.9 Å². The molecule has 84 valence electrons. The van der Waals surface area contributed by atoms with Crippen molar-refractivity contribution in [1.29, 1.82) is 0 Å². The molecule has 1 aromatic carbocycles. The Morgan fingerprint density at radius 3 is 2.81 bits per heavy atom. The molecular formula is C12H15N3S. The Morgan fingerprint density at radius 2 is 2.06 bits per heavy atom. The van der Waals surface area contributed by atoms with Gasteiger partial charge in [0.25, 0.3) is 0 Å². The third-order valence-electron chi connectivity index (χ3n) is 3.11. The molecule has 2 heterocycles. The lowest BCUT2D eigenvalue weighted by molar-refractivity contribution is 0.949. The molecule has 1 aliphatic rings. The lowest BCUT2D eigenvalue weighted by Gasteiger charge is -2.18. The van der Waals surface area contributed by atoms with Gasteiger partial charge in [-0.1, -0.05) is 0 Å². The van der Waals surface area contributed by atoms with Crippen LogP contribution in [0.3, 0.4) is 0 Å². The van der Waals surface area contributed by atoms with Crippen molar-refractivity contribution in [3.8, 4) is 0 Å². The monoisotopic (exact) mass is 233 g/mol. The van der Waals surface area contributed by atoms with E-state index in [9.17, 15) is 0 Å². The summed E-state index contributed by atoms with van der Waals surface area (Å²) in [6.07, 6.45) is 2.59. The second-order valence-electron chi connectivity index (χ2n) is 4.28. The molecule has 1 fully saturated rings. The van der Waals surface area contributed by atoms with E-state index in [1.54, 1.807) is 11.3 Å². The van der Waals surface area contributed by atoms with Crippen LogP contribution in [0.5, 0.6) is 0 Å². The number of benzene rings is 1. The van der Waals surface area contributed by atoms with E-state index in [-0.39, 0.29) is 0 Å². The molecule has 0 amide bonds. The number of fused-ring (bicyclic) bond motifs is 1. The number of nitrogens with two attached hydrogens (primary N) is 1. The van der Waals surface area contributed by atoms with Crippen molar-refractivity contribution in [2.45, 2.75) is 19.8 Å². The van der Waals surface area contributed by atoms with E-state index in [4.69, 9.17) is 5.73 Å². The van der Waals surface area contributed by atoms with E-state index in [0.29, 0.717) is 0 Å². The van der Waals surface area contributed by atoms with Gasteiger partial charge in [-0.05, 0) is 31.9 Å². The minimum Gasteiger partial charge on any atom is -0.397 e. The molecule has 1 aliphatic heterocycles. The lowest BCUT2D eigenvalue weighted by atomic mass is 10.2. The van der Waals surface area contributed by atoms with E-state index < -0.39 is 0 Å². The number of anilines is 2. The zero-order valence-corrected chi connectivity index (χ0v) is 10.2. The summed E-state index contributed by atoms with van der Waals surface area (Å²) in [4.78, 5) is 6.96. The summed E-state index contributed by atoms with van der Waals surface area (Å²) < 4.78 is 1.25. The molecule has 2 aromatic rings. The highest BCUT2D eigenvalue weighted by Gasteiger charge is 2.17. The number of hydrogen-bond acceptors (Lipinski definition) is 4. The standard InChI is InChI=1S/C12H15N3S/c1-8-14-11-9(13)4-5-10(12(11)16-8)15-6-2-3-7-15/h4-5H,2-3,6-7,13H2,1H3.